The van der Waals surface area contributed by atoms with E-state index in [0.29, 0.717) is 56.7 Å². The first-order chi connectivity index (χ1) is 18.5. The van der Waals surface area contributed by atoms with Gasteiger partial charge in [-0.1, -0.05) is 83.1 Å². The highest BCUT2D eigenvalue weighted by molar-refractivity contribution is 9.10. The molecule has 0 amide bonds. The summed E-state index contributed by atoms with van der Waals surface area (Å²) < 4.78 is 23.5. The number of ether oxygens (including phenoxy) is 1. The smallest absolute Gasteiger partial charge is 0.280 e. The molecule has 1 aliphatic heterocycles. The predicted octanol–water partition coefficient (Wildman–Crippen LogP) is 7.50. The molecule has 2 aromatic heterocycles. The van der Waals surface area contributed by atoms with Gasteiger partial charge in [-0.3, -0.25) is 14.3 Å². The summed E-state index contributed by atoms with van der Waals surface area (Å²) in [7, 11) is -4.36. The van der Waals surface area contributed by atoms with E-state index in [1.807, 2.05) is 4.57 Å². The average molecular weight is 659 g/mol. The number of anilines is 1. The molecular formula is C28H52BrN5O4Si2. The van der Waals surface area contributed by atoms with Crippen molar-refractivity contribution in [3.63, 3.8) is 0 Å². The van der Waals surface area contributed by atoms with Crippen molar-refractivity contribution in [3.05, 3.63) is 15.1 Å². The molecule has 0 aliphatic carbocycles. The molecular weight excluding hydrogens is 606 g/mol. The van der Waals surface area contributed by atoms with Gasteiger partial charge in [-0.05, 0) is 49.2 Å². The average Bonchev–Trinajstić information content (AvgIpc) is 3.35. The van der Waals surface area contributed by atoms with E-state index >= 15 is 0 Å². The molecule has 2 aromatic rings. The Bertz CT molecular complexity index is 1170. The zero-order valence-corrected chi connectivity index (χ0v) is 30.1. The summed E-state index contributed by atoms with van der Waals surface area (Å²) in [5.74, 6) is 0.0456. The lowest BCUT2D eigenvalue weighted by molar-refractivity contribution is -0.0402. The van der Waals surface area contributed by atoms with Gasteiger partial charge in [0.2, 0.25) is 14.3 Å². The van der Waals surface area contributed by atoms with Crippen LogP contribution < -0.4 is 11.3 Å². The molecule has 40 heavy (non-hydrogen) atoms. The second-order valence-electron chi connectivity index (χ2n) is 13.3. The van der Waals surface area contributed by atoms with E-state index in [2.05, 4.69) is 114 Å². The van der Waals surface area contributed by atoms with Gasteiger partial charge in [0.15, 0.2) is 24.2 Å². The molecule has 0 unspecified atom stereocenters. The van der Waals surface area contributed by atoms with Crippen molar-refractivity contribution in [2.75, 3.05) is 12.3 Å². The molecule has 228 valence electrons. The SMILES string of the molecule is CC(C)[Si](OC[C@H]1O[C@@H](n2c(Br)nc3c(=O)[nH]c(N)nc32)C[C@@H]1O[Si](C(C)C)(C(C)C)C(C)C)(C(C)C)C(C)C. The Labute approximate surface area is 250 Å². The first-order valence-electron chi connectivity index (χ1n) is 14.9. The number of hydrogen-bond donors (Lipinski definition) is 2. The van der Waals surface area contributed by atoms with Crippen molar-refractivity contribution >= 4 is 49.7 Å². The minimum Gasteiger partial charge on any atom is -0.413 e. The molecule has 1 saturated heterocycles. The molecule has 3 rings (SSSR count). The Morgan fingerprint density at radius 3 is 1.90 bits per heavy atom. The first-order valence-corrected chi connectivity index (χ1v) is 20.0. The maximum atomic E-state index is 12.6. The van der Waals surface area contributed by atoms with Crippen LogP contribution in [0.5, 0.6) is 0 Å². The fourth-order valence-corrected chi connectivity index (χ4v) is 19.4. The zero-order chi connectivity index (χ0) is 30.3. The van der Waals surface area contributed by atoms with Gasteiger partial charge in [0.1, 0.15) is 12.3 Å². The Balaban J connectivity index is 2.07. The van der Waals surface area contributed by atoms with Crippen LogP contribution in [0.1, 0.15) is 95.7 Å². The Hall–Kier alpha value is -1.06. The largest absolute Gasteiger partial charge is 0.413 e. The summed E-state index contributed by atoms with van der Waals surface area (Å²) in [6, 6.07) is 0. The molecule has 9 nitrogen and oxygen atoms in total. The molecule has 0 aromatic carbocycles. The predicted molar refractivity (Wildman–Crippen MR) is 172 cm³/mol. The third kappa shape index (κ3) is 5.90. The van der Waals surface area contributed by atoms with Gasteiger partial charge >= 0.3 is 0 Å². The third-order valence-electron chi connectivity index (χ3n) is 9.26. The summed E-state index contributed by atoms with van der Waals surface area (Å²) >= 11 is 3.56. The normalized spacial score (nSPS) is 21.0. The highest BCUT2D eigenvalue weighted by Gasteiger charge is 2.52. The van der Waals surface area contributed by atoms with Gasteiger partial charge in [0, 0.05) is 6.42 Å². The summed E-state index contributed by atoms with van der Waals surface area (Å²) in [4.78, 5) is 24.0. The maximum Gasteiger partial charge on any atom is 0.280 e. The highest BCUT2D eigenvalue weighted by atomic mass is 79.9. The lowest BCUT2D eigenvalue weighted by atomic mass is 10.2. The number of aromatic nitrogens is 4. The van der Waals surface area contributed by atoms with E-state index in [1.54, 1.807) is 0 Å². The van der Waals surface area contributed by atoms with E-state index in [0.717, 1.165) is 0 Å². The van der Waals surface area contributed by atoms with Crippen LogP contribution >= 0.6 is 15.9 Å². The molecule has 0 radical (unpaired) electrons. The van der Waals surface area contributed by atoms with Gasteiger partial charge < -0.3 is 19.3 Å². The number of imidazole rings is 1. The van der Waals surface area contributed by atoms with Crippen LogP contribution in [-0.2, 0) is 13.6 Å². The Morgan fingerprint density at radius 2 is 1.43 bits per heavy atom. The fourth-order valence-electron chi connectivity index (χ4n) is 7.76. The van der Waals surface area contributed by atoms with Gasteiger partial charge in [-0.25, -0.2) is 4.98 Å². The number of nitrogens with zero attached hydrogens (tertiary/aromatic N) is 3. The lowest BCUT2D eigenvalue weighted by Crippen LogP contribution is -2.53. The van der Waals surface area contributed by atoms with Crippen molar-refractivity contribution < 1.29 is 13.6 Å². The zero-order valence-electron chi connectivity index (χ0n) is 26.5. The molecule has 0 saturated carbocycles. The quantitative estimate of drug-likeness (QED) is 0.179. The lowest BCUT2D eigenvalue weighted by Gasteiger charge is -2.45. The summed E-state index contributed by atoms with van der Waals surface area (Å²) in [6.45, 7) is 28.1. The van der Waals surface area contributed by atoms with Crippen LogP contribution in [0.15, 0.2) is 9.53 Å². The fraction of sp³-hybridized carbons (Fsp3) is 0.821. The molecule has 12 heteroatoms. The Kier molecular flexibility index (Phi) is 10.6. The second kappa shape index (κ2) is 12.7. The van der Waals surface area contributed by atoms with Crippen LogP contribution in [0, 0.1) is 0 Å². The van der Waals surface area contributed by atoms with E-state index in [1.165, 1.54) is 0 Å². The van der Waals surface area contributed by atoms with Gasteiger partial charge in [0.05, 0.1) is 12.7 Å². The summed E-state index contributed by atoms with van der Waals surface area (Å²) in [6.07, 6.45) is -0.253. The number of nitrogen functional groups attached to an aromatic ring is 1. The number of fused-ring (bicyclic) bond motifs is 1. The number of nitrogens with one attached hydrogen (secondary N) is 1. The topological polar surface area (TPSA) is 117 Å². The van der Waals surface area contributed by atoms with Crippen molar-refractivity contribution in [2.24, 2.45) is 0 Å². The summed E-state index contributed by atoms with van der Waals surface area (Å²) in [5, 5.41) is 0. The highest BCUT2D eigenvalue weighted by Crippen LogP contribution is 2.47. The van der Waals surface area contributed by atoms with Crippen molar-refractivity contribution in [1.82, 2.24) is 19.5 Å². The molecule has 1 aliphatic rings. The van der Waals surface area contributed by atoms with Gasteiger partial charge in [0.25, 0.3) is 5.56 Å². The van der Waals surface area contributed by atoms with Crippen LogP contribution in [-0.4, -0.2) is 55.0 Å². The van der Waals surface area contributed by atoms with Crippen molar-refractivity contribution in [2.45, 2.75) is 141 Å². The van der Waals surface area contributed by atoms with Crippen LogP contribution in [0.3, 0.4) is 0 Å². The molecule has 0 spiro atoms. The summed E-state index contributed by atoms with van der Waals surface area (Å²) in [5.41, 5.74) is 8.86. The minimum absolute atomic E-state index is 0.0456. The Morgan fingerprint density at radius 1 is 0.925 bits per heavy atom. The van der Waals surface area contributed by atoms with E-state index in [4.69, 9.17) is 19.3 Å². The van der Waals surface area contributed by atoms with Crippen molar-refractivity contribution in [3.8, 4) is 0 Å². The van der Waals surface area contributed by atoms with Crippen molar-refractivity contribution in [1.29, 1.82) is 0 Å². The van der Waals surface area contributed by atoms with Gasteiger partial charge in [-0.2, -0.15) is 4.98 Å². The maximum absolute atomic E-state index is 12.6. The monoisotopic (exact) mass is 657 g/mol. The minimum atomic E-state index is -2.23. The number of halogens is 1. The second-order valence-corrected chi connectivity index (χ2v) is 24.9. The molecule has 3 N–H and O–H groups in total. The number of H-pyrrole nitrogens is 1. The third-order valence-corrected chi connectivity index (χ3v) is 22.0. The molecule has 0 bridgehead atoms. The number of nitrogens with two attached hydrogens (primary N) is 1. The van der Waals surface area contributed by atoms with Crippen LogP contribution in [0.4, 0.5) is 5.95 Å². The number of rotatable bonds is 12. The van der Waals surface area contributed by atoms with Gasteiger partial charge in [-0.15, -0.1) is 0 Å². The van der Waals surface area contributed by atoms with Crippen LogP contribution in [0.2, 0.25) is 33.2 Å². The number of aromatic amines is 1. The standard InChI is InChI=1S/C28H52BrN5O4Si2/c1-15(2)39(16(3)4,17(5)6)36-14-22-21(38-40(18(7)8,19(9)10)20(11)12)13-23(37-22)34-25-24(31-27(34)29)26(35)33-28(30)32-25/h15-23H,13-14H2,1-12H3,(H3,30,32,33,35)/t21-,22+,23+/m0/s1. The van der Waals surface area contributed by atoms with E-state index in [9.17, 15) is 4.79 Å². The van der Waals surface area contributed by atoms with Crippen LogP contribution in [0.25, 0.3) is 11.2 Å². The first kappa shape index (κ1) is 33.4. The molecule has 1 fully saturated rings. The number of hydrogen-bond acceptors (Lipinski definition) is 7. The molecule has 3 heterocycles. The molecule has 3 atom stereocenters. The van der Waals surface area contributed by atoms with E-state index in [-0.39, 0.29) is 29.2 Å². The van der Waals surface area contributed by atoms with E-state index < -0.39 is 22.9 Å².